The summed E-state index contributed by atoms with van der Waals surface area (Å²) in [7, 11) is 0. The molecule has 0 radical (unpaired) electrons. The van der Waals surface area contributed by atoms with Crippen molar-refractivity contribution < 1.29 is 9.90 Å². The Kier molecular flexibility index (Phi) is 5.76. The summed E-state index contributed by atoms with van der Waals surface area (Å²) in [6, 6.07) is -0.427. The molecule has 0 bridgehead atoms. The van der Waals surface area contributed by atoms with Crippen molar-refractivity contribution in [3.8, 4) is 0 Å². The van der Waals surface area contributed by atoms with Crippen LogP contribution in [0.4, 0.5) is 0 Å². The number of unbranched alkanes of at least 4 members (excludes halogenated alkanes) is 1. The van der Waals surface area contributed by atoms with Gasteiger partial charge in [-0.15, -0.1) is 0 Å². The van der Waals surface area contributed by atoms with Crippen molar-refractivity contribution in [2.24, 2.45) is 5.73 Å². The maximum atomic E-state index is 12.2. The van der Waals surface area contributed by atoms with Crippen molar-refractivity contribution in [1.29, 1.82) is 0 Å². The SMILES string of the molecule is CCCC[C@H](N)C(=O)NC1CCCc2c1cnn2CCO. The van der Waals surface area contributed by atoms with Crippen molar-refractivity contribution in [1.82, 2.24) is 15.1 Å². The summed E-state index contributed by atoms with van der Waals surface area (Å²) in [5.74, 6) is -0.0730. The predicted molar refractivity (Wildman–Crippen MR) is 80.6 cm³/mol. The van der Waals surface area contributed by atoms with Crippen molar-refractivity contribution in [2.75, 3.05) is 6.61 Å². The molecule has 2 rings (SSSR count). The van der Waals surface area contributed by atoms with Crippen LogP contribution in [0.25, 0.3) is 0 Å². The van der Waals surface area contributed by atoms with Crippen molar-refractivity contribution in [3.63, 3.8) is 0 Å². The van der Waals surface area contributed by atoms with Crippen molar-refractivity contribution in [3.05, 3.63) is 17.5 Å². The Morgan fingerprint density at radius 1 is 1.67 bits per heavy atom. The smallest absolute Gasteiger partial charge is 0.237 e. The number of rotatable bonds is 7. The molecule has 0 aromatic carbocycles. The monoisotopic (exact) mass is 294 g/mol. The fourth-order valence-corrected chi connectivity index (χ4v) is 2.89. The van der Waals surface area contributed by atoms with E-state index in [-0.39, 0.29) is 18.6 Å². The third-order valence-corrected chi connectivity index (χ3v) is 4.10. The highest BCUT2D eigenvalue weighted by molar-refractivity contribution is 5.81. The lowest BCUT2D eigenvalue weighted by atomic mass is 9.92. The van der Waals surface area contributed by atoms with E-state index in [1.807, 2.05) is 10.9 Å². The molecule has 6 heteroatoms. The van der Waals surface area contributed by atoms with Crippen molar-refractivity contribution in [2.45, 2.75) is 64.1 Å². The molecule has 6 nitrogen and oxygen atoms in total. The molecule has 0 fully saturated rings. The zero-order valence-electron chi connectivity index (χ0n) is 12.7. The molecular formula is C15H26N4O2. The summed E-state index contributed by atoms with van der Waals surface area (Å²) < 4.78 is 1.84. The second kappa shape index (κ2) is 7.56. The number of nitrogens with two attached hydrogens (primary N) is 1. The first-order chi connectivity index (χ1) is 10.2. The molecule has 1 aliphatic rings. The van der Waals surface area contributed by atoms with Gasteiger partial charge in [-0.25, -0.2) is 0 Å². The third kappa shape index (κ3) is 3.83. The minimum atomic E-state index is -0.428. The van der Waals surface area contributed by atoms with Gasteiger partial charge in [0.15, 0.2) is 0 Å². The Labute approximate surface area is 125 Å². The van der Waals surface area contributed by atoms with Gasteiger partial charge < -0.3 is 16.2 Å². The number of fused-ring (bicyclic) bond motifs is 1. The molecular weight excluding hydrogens is 268 g/mol. The van der Waals surface area contributed by atoms with Crippen LogP contribution in [0.2, 0.25) is 0 Å². The standard InChI is InChI=1S/C15H26N4O2/c1-2-3-5-12(16)15(21)18-13-6-4-7-14-11(13)10-17-19(14)8-9-20/h10,12-13,20H,2-9,16H2,1H3,(H,18,21)/t12-,13?/m0/s1. The van der Waals surface area contributed by atoms with Gasteiger partial charge in [0.25, 0.3) is 0 Å². The van der Waals surface area contributed by atoms with E-state index in [1.54, 1.807) is 0 Å². The number of aliphatic hydroxyl groups excluding tert-OH is 1. The second-order valence-electron chi connectivity index (χ2n) is 5.70. The maximum Gasteiger partial charge on any atom is 0.237 e. The van der Waals surface area contributed by atoms with E-state index in [0.29, 0.717) is 6.54 Å². The third-order valence-electron chi connectivity index (χ3n) is 4.10. The zero-order valence-corrected chi connectivity index (χ0v) is 12.7. The van der Waals surface area contributed by atoms with E-state index in [1.165, 1.54) is 0 Å². The van der Waals surface area contributed by atoms with E-state index >= 15 is 0 Å². The van der Waals surface area contributed by atoms with Crippen LogP contribution >= 0.6 is 0 Å². The molecule has 1 unspecified atom stereocenters. The molecule has 1 aromatic heterocycles. The maximum absolute atomic E-state index is 12.2. The zero-order chi connectivity index (χ0) is 15.2. The topological polar surface area (TPSA) is 93.2 Å². The van der Waals surface area contributed by atoms with Gasteiger partial charge in [0.05, 0.1) is 31.4 Å². The molecule has 2 atom stereocenters. The average molecular weight is 294 g/mol. The number of nitrogens with one attached hydrogen (secondary N) is 1. The molecule has 118 valence electrons. The van der Waals surface area contributed by atoms with Gasteiger partial charge in [0.2, 0.25) is 5.91 Å². The molecule has 0 saturated carbocycles. The van der Waals surface area contributed by atoms with Crippen LogP contribution < -0.4 is 11.1 Å². The number of amides is 1. The fraction of sp³-hybridized carbons (Fsp3) is 0.733. The highest BCUT2D eigenvalue weighted by Crippen LogP contribution is 2.29. The second-order valence-corrected chi connectivity index (χ2v) is 5.70. The van der Waals surface area contributed by atoms with Gasteiger partial charge in [0.1, 0.15) is 0 Å². The van der Waals surface area contributed by atoms with Gasteiger partial charge in [0, 0.05) is 11.3 Å². The highest BCUT2D eigenvalue weighted by atomic mass is 16.3. The average Bonchev–Trinajstić information content (AvgIpc) is 2.89. The number of aliphatic hydroxyl groups is 1. The Morgan fingerprint density at radius 3 is 3.19 bits per heavy atom. The van der Waals surface area contributed by atoms with Crippen LogP contribution in [0.3, 0.4) is 0 Å². The number of hydrogen-bond donors (Lipinski definition) is 3. The Morgan fingerprint density at radius 2 is 2.48 bits per heavy atom. The summed E-state index contributed by atoms with van der Waals surface area (Å²) >= 11 is 0. The quantitative estimate of drug-likeness (QED) is 0.696. The minimum absolute atomic E-state index is 0.00127. The van der Waals surface area contributed by atoms with Gasteiger partial charge in [-0.2, -0.15) is 5.10 Å². The van der Waals surface area contributed by atoms with Crippen LogP contribution in [0.1, 0.15) is 56.3 Å². The molecule has 0 aliphatic heterocycles. The van der Waals surface area contributed by atoms with E-state index in [2.05, 4.69) is 17.3 Å². The fourth-order valence-electron chi connectivity index (χ4n) is 2.89. The summed E-state index contributed by atoms with van der Waals surface area (Å²) in [5, 5.41) is 16.4. The number of nitrogens with zero attached hydrogens (tertiary/aromatic N) is 2. The van der Waals surface area contributed by atoms with E-state index < -0.39 is 6.04 Å². The Hall–Kier alpha value is -1.40. The lowest BCUT2D eigenvalue weighted by molar-refractivity contribution is -0.123. The summed E-state index contributed by atoms with van der Waals surface area (Å²) in [4.78, 5) is 12.2. The minimum Gasteiger partial charge on any atom is -0.394 e. The van der Waals surface area contributed by atoms with E-state index in [4.69, 9.17) is 10.8 Å². The molecule has 1 aromatic rings. The van der Waals surface area contributed by atoms with Crippen LogP contribution in [0, 0.1) is 0 Å². The Bertz CT molecular complexity index is 472. The lowest BCUT2D eigenvalue weighted by Gasteiger charge is -2.25. The molecule has 0 spiro atoms. The first-order valence-corrected chi connectivity index (χ1v) is 7.88. The van der Waals surface area contributed by atoms with Crippen molar-refractivity contribution >= 4 is 5.91 Å². The van der Waals surface area contributed by atoms with Gasteiger partial charge in [-0.1, -0.05) is 19.8 Å². The number of carbonyl (C=O) groups is 1. The Balaban J connectivity index is 2.01. The highest BCUT2D eigenvalue weighted by Gasteiger charge is 2.26. The number of aromatic nitrogens is 2. The van der Waals surface area contributed by atoms with E-state index in [9.17, 15) is 4.79 Å². The first kappa shape index (κ1) is 16.0. The van der Waals surface area contributed by atoms with Gasteiger partial charge in [-0.3, -0.25) is 9.48 Å². The molecule has 21 heavy (non-hydrogen) atoms. The number of carbonyl (C=O) groups excluding carboxylic acids is 1. The summed E-state index contributed by atoms with van der Waals surface area (Å²) in [6.45, 7) is 2.67. The summed E-state index contributed by atoms with van der Waals surface area (Å²) in [6.07, 6.45) is 7.44. The van der Waals surface area contributed by atoms with Crippen LogP contribution in [-0.2, 0) is 17.8 Å². The first-order valence-electron chi connectivity index (χ1n) is 7.88. The van der Waals surface area contributed by atoms with E-state index in [0.717, 1.165) is 49.8 Å². The molecule has 0 saturated heterocycles. The van der Waals surface area contributed by atoms with Gasteiger partial charge >= 0.3 is 0 Å². The molecule has 1 heterocycles. The van der Waals surface area contributed by atoms with Crippen LogP contribution in [0.15, 0.2) is 6.20 Å². The largest absolute Gasteiger partial charge is 0.394 e. The van der Waals surface area contributed by atoms with Crippen LogP contribution in [-0.4, -0.2) is 33.4 Å². The number of hydrogen-bond acceptors (Lipinski definition) is 4. The van der Waals surface area contributed by atoms with Gasteiger partial charge in [-0.05, 0) is 25.7 Å². The predicted octanol–water partition coefficient (Wildman–Crippen LogP) is 0.886. The lowest BCUT2D eigenvalue weighted by Crippen LogP contribution is -2.42. The summed E-state index contributed by atoms with van der Waals surface area (Å²) in [5.41, 5.74) is 8.13. The molecule has 1 aliphatic carbocycles. The molecule has 1 amide bonds. The molecule has 4 N–H and O–H groups in total. The van der Waals surface area contributed by atoms with Crippen LogP contribution in [0.5, 0.6) is 0 Å². The normalized spacial score (nSPS) is 19.1.